The highest BCUT2D eigenvalue weighted by Gasteiger charge is 2.30. The number of carbonyl (C=O) groups excluding carboxylic acids is 2. The van der Waals surface area contributed by atoms with Crippen molar-refractivity contribution in [1.29, 1.82) is 0 Å². The molecule has 1 aliphatic carbocycles. The van der Waals surface area contributed by atoms with Crippen LogP contribution in [0.15, 0.2) is 48.5 Å². The molecular weight excluding hydrogens is 424 g/mol. The van der Waals surface area contributed by atoms with Crippen molar-refractivity contribution in [2.75, 3.05) is 13.2 Å². The van der Waals surface area contributed by atoms with Crippen LogP contribution in [0.5, 0.6) is 0 Å². The van der Waals surface area contributed by atoms with Gasteiger partial charge in [0, 0.05) is 25.4 Å². The molecule has 0 radical (unpaired) electrons. The second-order valence-electron chi connectivity index (χ2n) is 7.57. The number of hydrogen-bond donors (Lipinski definition) is 4. The van der Waals surface area contributed by atoms with Crippen LogP contribution >= 0.6 is 0 Å². The fourth-order valence-electron chi connectivity index (χ4n) is 3.85. The zero-order valence-corrected chi connectivity index (χ0v) is 18.2. The number of carbonyl (C=O) groups is 3. The Kier molecular flexibility index (Phi) is 8.06. The van der Waals surface area contributed by atoms with Gasteiger partial charge in [-0.25, -0.2) is 9.59 Å². The molecule has 0 spiro atoms. The van der Waals surface area contributed by atoms with Gasteiger partial charge in [-0.15, -0.1) is 11.8 Å². The summed E-state index contributed by atoms with van der Waals surface area (Å²) in [5.41, 5.74) is 4.32. The van der Waals surface area contributed by atoms with Gasteiger partial charge >= 0.3 is 12.1 Å². The number of carboxylic acids is 1. The lowest BCUT2D eigenvalue weighted by Crippen LogP contribution is -2.51. The van der Waals surface area contributed by atoms with Gasteiger partial charge in [0.05, 0.1) is 0 Å². The van der Waals surface area contributed by atoms with E-state index in [0.717, 1.165) is 22.3 Å². The summed E-state index contributed by atoms with van der Waals surface area (Å²) in [4.78, 5) is 36.4. The summed E-state index contributed by atoms with van der Waals surface area (Å²) >= 11 is 0. The Balaban J connectivity index is 1.66. The number of alkyl carbamates (subject to hydrolysis) is 1. The fourth-order valence-corrected chi connectivity index (χ4v) is 3.85. The molecule has 1 unspecified atom stereocenters. The van der Waals surface area contributed by atoms with Crippen molar-refractivity contribution in [1.82, 2.24) is 10.6 Å². The smallest absolute Gasteiger partial charge is 0.407 e. The highest BCUT2D eigenvalue weighted by molar-refractivity contribution is 5.89. The zero-order chi connectivity index (χ0) is 23.8. The van der Waals surface area contributed by atoms with E-state index in [1.807, 2.05) is 48.5 Å². The third-order valence-corrected chi connectivity index (χ3v) is 5.47. The summed E-state index contributed by atoms with van der Waals surface area (Å²) in [6, 6.07) is 13.5. The number of carboxylic acid groups (broad SMARTS) is 1. The van der Waals surface area contributed by atoms with Gasteiger partial charge in [0.25, 0.3) is 0 Å². The van der Waals surface area contributed by atoms with E-state index in [2.05, 4.69) is 22.5 Å². The van der Waals surface area contributed by atoms with Crippen LogP contribution in [-0.4, -0.2) is 53.5 Å². The number of aliphatic hydroxyl groups excluding tert-OH is 1. The minimum absolute atomic E-state index is 0.0159. The van der Waals surface area contributed by atoms with E-state index in [1.54, 1.807) is 6.92 Å². The molecule has 1 aliphatic rings. The second kappa shape index (κ2) is 11.2. The van der Waals surface area contributed by atoms with Gasteiger partial charge in [0.15, 0.2) is 0 Å². The Morgan fingerprint density at radius 1 is 1.00 bits per heavy atom. The minimum Gasteiger partial charge on any atom is -0.480 e. The van der Waals surface area contributed by atoms with E-state index >= 15 is 0 Å². The minimum atomic E-state index is -1.28. The summed E-state index contributed by atoms with van der Waals surface area (Å²) in [7, 11) is 0. The summed E-state index contributed by atoms with van der Waals surface area (Å²) in [5, 5.41) is 23.0. The monoisotopic (exact) mass is 450 g/mol. The fraction of sp³-hybridized carbons (Fsp3) is 0.320. The van der Waals surface area contributed by atoms with Crippen molar-refractivity contribution in [3.8, 4) is 23.0 Å². The van der Waals surface area contributed by atoms with E-state index < -0.39 is 36.7 Å². The van der Waals surface area contributed by atoms with Gasteiger partial charge < -0.3 is 25.6 Å². The molecule has 8 heteroatoms. The number of amides is 2. The standard InChI is InChI=1S/C25H26N2O6/c1-2-3-12-21(23(29)26-22(13-14-28)24(30)31)27-25(32)33-15-20-18-10-6-4-8-16(18)17-9-5-7-11-19(17)20/h4-11,20-22,28H,12-15H2,1H3,(H,26,29)(H,27,32)(H,30,31)/t21?,22-/m0/s1. The Morgan fingerprint density at radius 2 is 1.61 bits per heavy atom. The van der Waals surface area contributed by atoms with Crippen molar-refractivity contribution < 1.29 is 29.3 Å². The number of aliphatic hydroxyl groups is 1. The molecule has 0 saturated heterocycles. The quantitative estimate of drug-likeness (QED) is 0.435. The Hall–Kier alpha value is -3.83. The summed E-state index contributed by atoms with van der Waals surface area (Å²) < 4.78 is 5.47. The van der Waals surface area contributed by atoms with Gasteiger partial charge in [0.1, 0.15) is 18.7 Å². The molecule has 0 aromatic heterocycles. The molecule has 4 N–H and O–H groups in total. The van der Waals surface area contributed by atoms with Gasteiger partial charge in [-0.3, -0.25) is 4.79 Å². The van der Waals surface area contributed by atoms with Crippen LogP contribution < -0.4 is 10.6 Å². The molecule has 8 nitrogen and oxygen atoms in total. The molecule has 0 bridgehead atoms. The lowest BCUT2D eigenvalue weighted by atomic mass is 9.98. The molecule has 0 aliphatic heterocycles. The maximum atomic E-state index is 12.6. The van der Waals surface area contributed by atoms with Crippen molar-refractivity contribution in [2.45, 2.75) is 37.8 Å². The van der Waals surface area contributed by atoms with Gasteiger partial charge in [-0.2, -0.15) is 0 Å². The van der Waals surface area contributed by atoms with Crippen LogP contribution in [-0.2, 0) is 14.3 Å². The van der Waals surface area contributed by atoms with Crippen LogP contribution in [0, 0.1) is 11.8 Å². The van der Waals surface area contributed by atoms with Gasteiger partial charge in [0.2, 0.25) is 5.91 Å². The zero-order valence-electron chi connectivity index (χ0n) is 18.2. The first kappa shape index (κ1) is 23.8. The SMILES string of the molecule is CC#CCC(NC(=O)OCC1c2ccccc2-c2ccccc21)C(=O)N[C@@H](CCO)C(=O)O. The summed E-state index contributed by atoms with van der Waals surface area (Å²) in [5.74, 6) is 3.24. The molecule has 33 heavy (non-hydrogen) atoms. The third kappa shape index (κ3) is 5.70. The maximum Gasteiger partial charge on any atom is 0.407 e. The van der Waals surface area contributed by atoms with Gasteiger partial charge in [-0.1, -0.05) is 48.5 Å². The number of rotatable bonds is 9. The molecule has 2 aromatic rings. The number of nitrogens with one attached hydrogen (secondary N) is 2. The molecule has 2 amide bonds. The molecule has 172 valence electrons. The highest BCUT2D eigenvalue weighted by Crippen LogP contribution is 2.44. The van der Waals surface area contributed by atoms with E-state index in [4.69, 9.17) is 9.84 Å². The van der Waals surface area contributed by atoms with E-state index in [1.165, 1.54) is 0 Å². The normalized spacial score (nSPS) is 13.5. The molecule has 2 aromatic carbocycles. The van der Waals surface area contributed by atoms with E-state index in [-0.39, 0.29) is 25.4 Å². The third-order valence-electron chi connectivity index (χ3n) is 5.47. The van der Waals surface area contributed by atoms with Crippen molar-refractivity contribution in [2.24, 2.45) is 0 Å². The first-order chi connectivity index (χ1) is 16.0. The summed E-state index contributed by atoms with van der Waals surface area (Å²) in [6.45, 7) is 1.26. The lowest BCUT2D eigenvalue weighted by Gasteiger charge is -2.20. The van der Waals surface area contributed by atoms with Crippen LogP contribution in [0.4, 0.5) is 4.79 Å². The topological polar surface area (TPSA) is 125 Å². The lowest BCUT2D eigenvalue weighted by molar-refractivity contribution is -0.142. The highest BCUT2D eigenvalue weighted by atomic mass is 16.5. The number of hydrogen-bond acceptors (Lipinski definition) is 5. The van der Waals surface area contributed by atoms with Crippen LogP contribution in [0.3, 0.4) is 0 Å². The molecule has 0 saturated carbocycles. The van der Waals surface area contributed by atoms with Crippen molar-refractivity contribution in [3.63, 3.8) is 0 Å². The summed E-state index contributed by atoms with van der Waals surface area (Å²) in [6.07, 6.45) is -0.972. The Bertz CT molecular complexity index is 1040. The molecule has 0 fully saturated rings. The molecular formula is C25H26N2O6. The number of fused-ring (bicyclic) bond motifs is 3. The predicted molar refractivity (Wildman–Crippen MR) is 121 cm³/mol. The first-order valence-corrected chi connectivity index (χ1v) is 10.6. The molecule has 0 heterocycles. The Morgan fingerprint density at radius 3 is 2.15 bits per heavy atom. The largest absolute Gasteiger partial charge is 0.480 e. The van der Waals surface area contributed by atoms with E-state index in [9.17, 15) is 19.5 Å². The van der Waals surface area contributed by atoms with E-state index in [0.29, 0.717) is 0 Å². The average molecular weight is 450 g/mol. The van der Waals surface area contributed by atoms with Gasteiger partial charge in [-0.05, 0) is 29.2 Å². The maximum absolute atomic E-state index is 12.6. The molecule has 3 rings (SSSR count). The number of aliphatic carboxylic acids is 1. The van der Waals surface area contributed by atoms with Crippen molar-refractivity contribution in [3.05, 3.63) is 59.7 Å². The number of benzene rings is 2. The average Bonchev–Trinajstić information content (AvgIpc) is 3.13. The number of ether oxygens (including phenoxy) is 1. The van der Waals surface area contributed by atoms with Crippen LogP contribution in [0.25, 0.3) is 11.1 Å². The van der Waals surface area contributed by atoms with Crippen molar-refractivity contribution >= 4 is 18.0 Å². The van der Waals surface area contributed by atoms with Crippen LogP contribution in [0.1, 0.15) is 36.8 Å². The van der Waals surface area contributed by atoms with Crippen LogP contribution in [0.2, 0.25) is 0 Å². The molecule has 2 atom stereocenters. The second-order valence-corrected chi connectivity index (χ2v) is 7.57. The predicted octanol–water partition coefficient (Wildman–Crippen LogP) is 2.26. The Labute approximate surface area is 192 Å². The first-order valence-electron chi connectivity index (χ1n) is 10.6.